The Morgan fingerprint density at radius 3 is 2.65 bits per heavy atom. The number of benzene rings is 1. The van der Waals surface area contributed by atoms with E-state index in [0.717, 1.165) is 18.7 Å². The van der Waals surface area contributed by atoms with Gasteiger partial charge in [-0.05, 0) is 17.9 Å². The molecule has 2 unspecified atom stereocenters. The summed E-state index contributed by atoms with van der Waals surface area (Å²) in [7, 11) is 0. The summed E-state index contributed by atoms with van der Waals surface area (Å²) in [5.74, 6) is 1.57. The Balaban J connectivity index is 2.08. The van der Waals surface area contributed by atoms with Crippen LogP contribution in [0.25, 0.3) is 0 Å². The zero-order valence-corrected chi connectivity index (χ0v) is 11.5. The van der Waals surface area contributed by atoms with Gasteiger partial charge in [-0.25, -0.2) is 4.98 Å². The lowest BCUT2D eigenvalue weighted by Crippen LogP contribution is -2.15. The molecule has 2 aromatic rings. The van der Waals surface area contributed by atoms with Crippen LogP contribution < -0.4 is 0 Å². The average Bonchev–Trinajstić information content (AvgIpc) is 2.84. The average molecular weight is 293 g/mol. The molecular formula is C14H17BrN2. The van der Waals surface area contributed by atoms with E-state index in [9.17, 15) is 0 Å². The van der Waals surface area contributed by atoms with Crippen LogP contribution in [0.15, 0.2) is 42.7 Å². The fourth-order valence-corrected chi connectivity index (χ4v) is 3.12. The number of alkyl halides is 1. The molecule has 2 atom stereocenters. The summed E-state index contributed by atoms with van der Waals surface area (Å²) in [5, 5.41) is 0. The molecule has 3 heteroatoms. The van der Waals surface area contributed by atoms with E-state index >= 15 is 0 Å². The summed E-state index contributed by atoms with van der Waals surface area (Å²) >= 11 is 3.80. The van der Waals surface area contributed by atoms with Crippen molar-refractivity contribution in [1.29, 1.82) is 0 Å². The van der Waals surface area contributed by atoms with Crippen LogP contribution in [-0.2, 0) is 6.42 Å². The van der Waals surface area contributed by atoms with Crippen molar-refractivity contribution >= 4 is 15.9 Å². The highest BCUT2D eigenvalue weighted by Gasteiger charge is 2.19. The Morgan fingerprint density at radius 1 is 1.29 bits per heavy atom. The number of rotatable bonds is 5. The number of hydrogen-bond acceptors (Lipinski definition) is 1. The summed E-state index contributed by atoms with van der Waals surface area (Å²) in [5.41, 5.74) is 1.39. The zero-order chi connectivity index (χ0) is 12.1. The van der Waals surface area contributed by atoms with E-state index < -0.39 is 0 Å². The van der Waals surface area contributed by atoms with E-state index in [2.05, 4.69) is 63.2 Å². The quantitative estimate of drug-likeness (QED) is 0.832. The van der Waals surface area contributed by atoms with Gasteiger partial charge in [0.2, 0.25) is 0 Å². The van der Waals surface area contributed by atoms with Gasteiger partial charge in [0.15, 0.2) is 0 Å². The maximum atomic E-state index is 4.28. The SMILES string of the molecule is CCC(c1ccccc1)C(Br)Cc1ncc[nH]1. The smallest absolute Gasteiger partial charge is 0.107 e. The summed E-state index contributed by atoms with van der Waals surface area (Å²) in [4.78, 5) is 7.86. The second-order valence-electron chi connectivity index (χ2n) is 4.18. The molecule has 0 spiro atoms. The molecule has 0 aliphatic rings. The predicted octanol–water partition coefficient (Wildman–Crippen LogP) is 3.91. The van der Waals surface area contributed by atoms with Crippen LogP contribution >= 0.6 is 15.9 Å². The molecule has 90 valence electrons. The molecule has 0 saturated carbocycles. The lowest BCUT2D eigenvalue weighted by molar-refractivity contribution is 0.620. The minimum atomic E-state index is 0.418. The van der Waals surface area contributed by atoms with Crippen molar-refractivity contribution in [2.75, 3.05) is 0 Å². The van der Waals surface area contributed by atoms with Crippen LogP contribution in [-0.4, -0.2) is 14.8 Å². The summed E-state index contributed by atoms with van der Waals surface area (Å²) in [6.45, 7) is 2.23. The van der Waals surface area contributed by atoms with Gasteiger partial charge in [0.05, 0.1) is 0 Å². The Kier molecular flexibility index (Phi) is 4.37. The molecule has 0 saturated heterocycles. The van der Waals surface area contributed by atoms with E-state index in [1.165, 1.54) is 5.56 Å². The summed E-state index contributed by atoms with van der Waals surface area (Å²) in [6.07, 6.45) is 5.73. The monoisotopic (exact) mass is 292 g/mol. The number of imidazole rings is 1. The van der Waals surface area contributed by atoms with Crippen molar-refractivity contribution in [3.05, 3.63) is 54.1 Å². The molecule has 0 aliphatic carbocycles. The maximum Gasteiger partial charge on any atom is 0.107 e. The number of aromatic amines is 1. The number of hydrogen-bond donors (Lipinski definition) is 1. The first kappa shape index (κ1) is 12.4. The number of aromatic nitrogens is 2. The second kappa shape index (κ2) is 6.01. The third-order valence-corrected chi connectivity index (χ3v) is 4.01. The van der Waals surface area contributed by atoms with E-state index in [4.69, 9.17) is 0 Å². The number of halogens is 1. The Hall–Kier alpha value is -1.09. The first-order valence-electron chi connectivity index (χ1n) is 5.98. The normalized spacial score (nSPS) is 14.5. The van der Waals surface area contributed by atoms with Crippen molar-refractivity contribution in [3.63, 3.8) is 0 Å². The van der Waals surface area contributed by atoms with Gasteiger partial charge >= 0.3 is 0 Å². The molecule has 1 N–H and O–H groups in total. The maximum absolute atomic E-state index is 4.28. The first-order chi connectivity index (χ1) is 8.31. The molecule has 0 bridgehead atoms. The minimum absolute atomic E-state index is 0.418. The number of H-pyrrole nitrogens is 1. The van der Waals surface area contributed by atoms with Gasteiger partial charge in [-0.3, -0.25) is 0 Å². The lowest BCUT2D eigenvalue weighted by atomic mass is 9.92. The molecular weight excluding hydrogens is 276 g/mol. The summed E-state index contributed by atoms with van der Waals surface area (Å²) in [6, 6.07) is 10.7. The molecule has 2 nitrogen and oxygen atoms in total. The topological polar surface area (TPSA) is 28.7 Å². The standard InChI is InChI=1S/C14H17BrN2/c1-2-12(11-6-4-3-5-7-11)13(15)10-14-16-8-9-17-14/h3-9,12-13H,2,10H2,1H3,(H,16,17). The van der Waals surface area contributed by atoms with Gasteiger partial charge in [0.25, 0.3) is 0 Å². The van der Waals surface area contributed by atoms with Crippen molar-refractivity contribution in [2.24, 2.45) is 0 Å². The van der Waals surface area contributed by atoms with Gasteiger partial charge < -0.3 is 4.98 Å². The molecule has 0 aliphatic heterocycles. The Morgan fingerprint density at radius 2 is 2.06 bits per heavy atom. The molecule has 0 radical (unpaired) electrons. The van der Waals surface area contributed by atoms with Crippen molar-refractivity contribution < 1.29 is 0 Å². The van der Waals surface area contributed by atoms with Crippen molar-refractivity contribution in [3.8, 4) is 0 Å². The third kappa shape index (κ3) is 3.19. The highest BCUT2D eigenvalue weighted by atomic mass is 79.9. The van der Waals surface area contributed by atoms with Crippen LogP contribution in [0.1, 0.15) is 30.7 Å². The van der Waals surface area contributed by atoms with Crippen LogP contribution in [0.2, 0.25) is 0 Å². The van der Waals surface area contributed by atoms with Crippen LogP contribution in [0.4, 0.5) is 0 Å². The number of nitrogens with zero attached hydrogens (tertiary/aromatic N) is 1. The van der Waals surface area contributed by atoms with E-state index in [1.807, 2.05) is 6.20 Å². The highest BCUT2D eigenvalue weighted by molar-refractivity contribution is 9.09. The molecule has 2 rings (SSSR count). The fraction of sp³-hybridized carbons (Fsp3) is 0.357. The highest BCUT2D eigenvalue weighted by Crippen LogP contribution is 2.29. The molecule has 1 aromatic heterocycles. The fourth-order valence-electron chi connectivity index (χ4n) is 2.14. The van der Waals surface area contributed by atoms with E-state index in [0.29, 0.717) is 10.7 Å². The van der Waals surface area contributed by atoms with Crippen LogP contribution in [0, 0.1) is 0 Å². The molecule has 17 heavy (non-hydrogen) atoms. The van der Waals surface area contributed by atoms with Crippen molar-refractivity contribution in [1.82, 2.24) is 9.97 Å². The molecule has 1 aromatic carbocycles. The van der Waals surface area contributed by atoms with Crippen LogP contribution in [0.3, 0.4) is 0 Å². The lowest BCUT2D eigenvalue weighted by Gasteiger charge is -2.21. The van der Waals surface area contributed by atoms with Crippen LogP contribution in [0.5, 0.6) is 0 Å². The first-order valence-corrected chi connectivity index (χ1v) is 6.90. The van der Waals surface area contributed by atoms with E-state index in [1.54, 1.807) is 6.20 Å². The van der Waals surface area contributed by atoms with Gasteiger partial charge in [0, 0.05) is 23.6 Å². The largest absolute Gasteiger partial charge is 0.349 e. The molecule has 0 amide bonds. The molecule has 1 heterocycles. The predicted molar refractivity (Wildman–Crippen MR) is 74.5 cm³/mol. The molecule has 0 fully saturated rings. The van der Waals surface area contributed by atoms with Crippen molar-refractivity contribution in [2.45, 2.75) is 30.5 Å². The zero-order valence-electron chi connectivity index (χ0n) is 9.94. The third-order valence-electron chi connectivity index (χ3n) is 3.05. The summed E-state index contributed by atoms with van der Waals surface area (Å²) < 4.78 is 0. The Bertz CT molecular complexity index is 425. The number of nitrogens with one attached hydrogen (secondary N) is 1. The van der Waals surface area contributed by atoms with E-state index in [-0.39, 0.29) is 0 Å². The van der Waals surface area contributed by atoms with Gasteiger partial charge in [-0.15, -0.1) is 0 Å². The van der Waals surface area contributed by atoms with Gasteiger partial charge in [0.1, 0.15) is 5.82 Å². The second-order valence-corrected chi connectivity index (χ2v) is 5.36. The minimum Gasteiger partial charge on any atom is -0.349 e. The van der Waals surface area contributed by atoms with Gasteiger partial charge in [-0.1, -0.05) is 53.2 Å². The van der Waals surface area contributed by atoms with Gasteiger partial charge in [-0.2, -0.15) is 0 Å². The Labute approximate surface area is 111 Å².